The summed E-state index contributed by atoms with van der Waals surface area (Å²) in [5.41, 5.74) is 1.66. The molecule has 0 saturated heterocycles. The summed E-state index contributed by atoms with van der Waals surface area (Å²) in [5, 5.41) is 4.23. The van der Waals surface area contributed by atoms with E-state index >= 15 is 0 Å². The predicted octanol–water partition coefficient (Wildman–Crippen LogP) is 2.22. The van der Waals surface area contributed by atoms with E-state index in [-0.39, 0.29) is 23.8 Å². The maximum Gasteiger partial charge on any atom is 0.289 e. The van der Waals surface area contributed by atoms with Gasteiger partial charge in [0, 0.05) is 33.8 Å². The highest BCUT2D eigenvalue weighted by molar-refractivity contribution is 5.91. The van der Waals surface area contributed by atoms with Crippen molar-refractivity contribution in [2.24, 2.45) is 0 Å². The lowest BCUT2D eigenvalue weighted by atomic mass is 10.2. The van der Waals surface area contributed by atoms with E-state index in [9.17, 15) is 9.59 Å². The molecule has 3 aromatic rings. The number of amides is 1. The molecule has 0 unspecified atom stereocenters. The summed E-state index contributed by atoms with van der Waals surface area (Å²) in [6.45, 7) is 0.850. The van der Waals surface area contributed by atoms with Crippen molar-refractivity contribution in [1.29, 1.82) is 0 Å². The van der Waals surface area contributed by atoms with E-state index in [1.165, 1.54) is 9.58 Å². The summed E-state index contributed by atoms with van der Waals surface area (Å²) in [5.74, 6) is 0.516. The number of benzene rings is 1. The quantitative estimate of drug-likeness (QED) is 0.669. The number of aromatic nitrogens is 2. The van der Waals surface area contributed by atoms with Crippen LogP contribution in [0.4, 0.5) is 5.69 Å². The zero-order chi connectivity index (χ0) is 19.4. The van der Waals surface area contributed by atoms with Crippen LogP contribution in [0.1, 0.15) is 21.9 Å². The van der Waals surface area contributed by atoms with Crippen molar-refractivity contribution >= 4 is 11.6 Å². The lowest BCUT2D eigenvalue weighted by molar-refractivity contribution is 0.0794. The Hall–Kier alpha value is -3.35. The summed E-state index contributed by atoms with van der Waals surface area (Å²) < 4.78 is 6.83. The first-order valence-corrected chi connectivity index (χ1v) is 8.56. The third-order valence-corrected chi connectivity index (χ3v) is 4.14. The van der Waals surface area contributed by atoms with Gasteiger partial charge in [-0.25, -0.2) is 4.68 Å². The van der Waals surface area contributed by atoms with Crippen LogP contribution in [0.3, 0.4) is 0 Å². The second-order valence-corrected chi connectivity index (χ2v) is 6.52. The fourth-order valence-corrected chi connectivity index (χ4v) is 2.65. The van der Waals surface area contributed by atoms with E-state index < -0.39 is 0 Å². The maximum atomic E-state index is 12.4. The number of nitrogens with zero attached hydrogens (tertiary/aromatic N) is 4. The number of hydrogen-bond donors (Lipinski definition) is 0. The maximum absolute atomic E-state index is 12.4. The average molecular weight is 366 g/mol. The second-order valence-electron chi connectivity index (χ2n) is 6.52. The SMILES string of the molecule is CN(C)C(=O)c1ccc(Cn2ncc(N(C)Cc3ccccc3)cc2=O)o1. The van der Waals surface area contributed by atoms with E-state index in [1.54, 1.807) is 38.5 Å². The molecule has 3 rings (SSSR count). The van der Waals surface area contributed by atoms with Crippen LogP contribution in [-0.2, 0) is 13.1 Å². The molecular weight excluding hydrogens is 344 g/mol. The molecule has 0 saturated carbocycles. The summed E-state index contributed by atoms with van der Waals surface area (Å²) in [6.07, 6.45) is 1.65. The molecule has 0 bridgehead atoms. The minimum atomic E-state index is -0.232. The van der Waals surface area contributed by atoms with Gasteiger partial charge in [-0.15, -0.1) is 0 Å². The van der Waals surface area contributed by atoms with Crippen LogP contribution in [0.25, 0.3) is 0 Å². The van der Waals surface area contributed by atoms with Crippen LogP contribution < -0.4 is 10.5 Å². The number of hydrogen-bond acceptors (Lipinski definition) is 5. The molecule has 140 valence electrons. The molecule has 0 radical (unpaired) electrons. The summed E-state index contributed by atoms with van der Waals surface area (Å²) in [7, 11) is 5.22. The van der Waals surface area contributed by atoms with Gasteiger partial charge in [0.2, 0.25) is 0 Å². The van der Waals surface area contributed by atoms with Crippen molar-refractivity contribution in [2.75, 3.05) is 26.0 Å². The van der Waals surface area contributed by atoms with Crippen LogP contribution >= 0.6 is 0 Å². The van der Waals surface area contributed by atoms with Gasteiger partial charge in [-0.05, 0) is 17.7 Å². The Morgan fingerprint density at radius 3 is 2.52 bits per heavy atom. The molecule has 0 aliphatic carbocycles. The molecule has 2 heterocycles. The Labute approximate surface area is 157 Å². The minimum Gasteiger partial charge on any atom is -0.454 e. The number of furan rings is 1. The highest BCUT2D eigenvalue weighted by atomic mass is 16.4. The van der Waals surface area contributed by atoms with Crippen molar-refractivity contribution in [3.63, 3.8) is 0 Å². The first-order valence-electron chi connectivity index (χ1n) is 8.56. The third-order valence-electron chi connectivity index (χ3n) is 4.14. The Balaban J connectivity index is 1.72. The van der Waals surface area contributed by atoms with E-state index in [0.29, 0.717) is 12.3 Å². The Morgan fingerprint density at radius 1 is 1.11 bits per heavy atom. The Morgan fingerprint density at radius 2 is 1.85 bits per heavy atom. The van der Waals surface area contributed by atoms with Crippen LogP contribution in [0.5, 0.6) is 0 Å². The van der Waals surface area contributed by atoms with Gasteiger partial charge >= 0.3 is 0 Å². The lowest BCUT2D eigenvalue weighted by Crippen LogP contribution is -2.25. The molecule has 7 nitrogen and oxygen atoms in total. The highest BCUT2D eigenvalue weighted by Gasteiger charge is 2.14. The fraction of sp³-hybridized carbons (Fsp3) is 0.250. The van der Waals surface area contributed by atoms with Gasteiger partial charge in [-0.1, -0.05) is 30.3 Å². The molecular formula is C20H22N4O3. The van der Waals surface area contributed by atoms with Gasteiger partial charge in [-0.2, -0.15) is 5.10 Å². The molecule has 1 amide bonds. The minimum absolute atomic E-state index is 0.169. The van der Waals surface area contributed by atoms with Crippen molar-refractivity contribution in [3.8, 4) is 0 Å². The second kappa shape index (κ2) is 7.90. The lowest BCUT2D eigenvalue weighted by Gasteiger charge is -2.19. The average Bonchev–Trinajstić information content (AvgIpc) is 3.12. The topological polar surface area (TPSA) is 71.6 Å². The number of carbonyl (C=O) groups is 1. The van der Waals surface area contributed by atoms with Crippen molar-refractivity contribution in [3.05, 3.63) is 82.2 Å². The van der Waals surface area contributed by atoms with Crippen molar-refractivity contribution < 1.29 is 9.21 Å². The molecule has 1 aromatic carbocycles. The largest absolute Gasteiger partial charge is 0.454 e. The molecule has 0 N–H and O–H groups in total. The van der Waals surface area contributed by atoms with Crippen molar-refractivity contribution in [2.45, 2.75) is 13.1 Å². The highest BCUT2D eigenvalue weighted by Crippen LogP contribution is 2.13. The van der Waals surface area contributed by atoms with Crippen LogP contribution in [0.2, 0.25) is 0 Å². The fourth-order valence-electron chi connectivity index (χ4n) is 2.65. The smallest absolute Gasteiger partial charge is 0.289 e. The zero-order valence-electron chi connectivity index (χ0n) is 15.6. The van der Waals surface area contributed by atoms with Gasteiger partial charge in [-0.3, -0.25) is 9.59 Å². The molecule has 0 spiro atoms. The molecule has 2 aromatic heterocycles. The number of carbonyl (C=O) groups excluding carboxylic acids is 1. The summed E-state index contributed by atoms with van der Waals surface area (Å²) in [6, 6.07) is 14.8. The predicted molar refractivity (Wildman–Crippen MR) is 103 cm³/mol. The van der Waals surface area contributed by atoms with Crippen LogP contribution in [0, 0.1) is 0 Å². The van der Waals surface area contributed by atoms with Crippen LogP contribution in [0.15, 0.2) is 63.9 Å². The molecule has 0 fully saturated rings. The van der Waals surface area contributed by atoms with Gasteiger partial charge in [0.05, 0.1) is 11.9 Å². The first kappa shape index (κ1) is 18.4. The van der Waals surface area contributed by atoms with Gasteiger partial charge < -0.3 is 14.2 Å². The van der Waals surface area contributed by atoms with Gasteiger partial charge in [0.1, 0.15) is 12.3 Å². The van der Waals surface area contributed by atoms with E-state index in [0.717, 1.165) is 11.3 Å². The Kier molecular flexibility index (Phi) is 5.40. The summed E-state index contributed by atoms with van der Waals surface area (Å²) in [4.78, 5) is 27.7. The zero-order valence-corrected chi connectivity index (χ0v) is 15.6. The van der Waals surface area contributed by atoms with Crippen LogP contribution in [-0.4, -0.2) is 41.7 Å². The first-order chi connectivity index (χ1) is 12.9. The Bertz CT molecular complexity index is 976. The van der Waals surface area contributed by atoms with E-state index in [1.807, 2.05) is 42.3 Å². The van der Waals surface area contributed by atoms with E-state index in [2.05, 4.69) is 5.10 Å². The molecule has 0 atom stereocenters. The number of anilines is 1. The van der Waals surface area contributed by atoms with Gasteiger partial charge in [0.25, 0.3) is 11.5 Å². The third kappa shape index (κ3) is 4.44. The summed E-state index contributed by atoms with van der Waals surface area (Å²) >= 11 is 0. The number of rotatable bonds is 6. The molecule has 7 heteroatoms. The molecule has 27 heavy (non-hydrogen) atoms. The normalized spacial score (nSPS) is 10.6. The standard InChI is InChI=1S/C20H22N4O3/c1-22(2)20(26)18-10-9-17(27-18)14-24-19(25)11-16(12-21-24)23(3)13-15-7-5-4-6-8-15/h4-12H,13-14H2,1-3H3. The van der Waals surface area contributed by atoms with Gasteiger partial charge in [0.15, 0.2) is 5.76 Å². The molecule has 0 aliphatic rings. The van der Waals surface area contributed by atoms with E-state index in [4.69, 9.17) is 4.42 Å². The van der Waals surface area contributed by atoms with Crippen molar-refractivity contribution in [1.82, 2.24) is 14.7 Å². The monoisotopic (exact) mass is 366 g/mol. The molecule has 0 aliphatic heterocycles.